The average molecular weight is 408 g/mol. The molecule has 0 bridgehead atoms. The molecule has 3 rings (SSSR count). The molecule has 1 aromatic carbocycles. The molecule has 2 heterocycles. The second-order valence-corrected chi connectivity index (χ2v) is 6.96. The van der Waals surface area contributed by atoms with Gasteiger partial charge in [-0.2, -0.15) is 0 Å². The van der Waals surface area contributed by atoms with Crippen LogP contribution in [0.25, 0.3) is 0 Å². The van der Waals surface area contributed by atoms with Gasteiger partial charge in [-0.3, -0.25) is 4.79 Å². The molecule has 0 radical (unpaired) electrons. The Hall–Kier alpha value is -2.02. The van der Waals surface area contributed by atoms with Crippen LogP contribution in [0.3, 0.4) is 0 Å². The van der Waals surface area contributed by atoms with Crippen molar-refractivity contribution < 1.29 is 13.9 Å². The van der Waals surface area contributed by atoms with Gasteiger partial charge in [0.25, 0.3) is 0 Å². The minimum Gasteiger partial charge on any atom is -0.463 e. The van der Waals surface area contributed by atoms with Crippen molar-refractivity contribution in [2.45, 2.75) is 19.3 Å². The summed E-state index contributed by atoms with van der Waals surface area (Å²) in [5, 5.41) is 0. The largest absolute Gasteiger partial charge is 0.463 e. The van der Waals surface area contributed by atoms with E-state index in [0.717, 1.165) is 24.9 Å². The van der Waals surface area contributed by atoms with Gasteiger partial charge in [-0.05, 0) is 36.6 Å². The van der Waals surface area contributed by atoms with Gasteiger partial charge < -0.3 is 9.64 Å². The van der Waals surface area contributed by atoms with Crippen LogP contribution in [0.15, 0.2) is 41.1 Å². The van der Waals surface area contributed by atoms with Crippen LogP contribution in [0.4, 0.5) is 4.39 Å². The predicted octanol–water partition coefficient (Wildman–Crippen LogP) is 3.24. The van der Waals surface area contributed by atoms with Gasteiger partial charge in [0.05, 0.1) is 13.0 Å². The van der Waals surface area contributed by atoms with Gasteiger partial charge in [0.1, 0.15) is 5.82 Å². The Bertz CT molecular complexity index is 730. The summed E-state index contributed by atoms with van der Waals surface area (Å²) in [6, 6.07) is 6.51. The van der Waals surface area contributed by atoms with Gasteiger partial charge in [0.2, 0.25) is 5.91 Å². The molecule has 132 valence electrons. The lowest BCUT2D eigenvalue weighted by molar-refractivity contribution is -0.132. The van der Waals surface area contributed by atoms with Crippen LogP contribution < -0.4 is 4.74 Å². The highest BCUT2D eigenvalue weighted by atomic mass is 79.9. The van der Waals surface area contributed by atoms with E-state index in [0.29, 0.717) is 23.6 Å². The molecule has 1 aromatic heterocycles. The molecule has 1 unspecified atom stereocenters. The van der Waals surface area contributed by atoms with Crippen molar-refractivity contribution in [3.8, 4) is 6.01 Å². The van der Waals surface area contributed by atoms with Gasteiger partial charge in [-0.25, -0.2) is 14.4 Å². The Morgan fingerprint density at radius 2 is 2.16 bits per heavy atom. The van der Waals surface area contributed by atoms with Crippen LogP contribution in [0.1, 0.15) is 18.4 Å². The Morgan fingerprint density at radius 1 is 1.36 bits per heavy atom. The smallest absolute Gasteiger partial charge is 0.316 e. The first-order chi connectivity index (χ1) is 12.1. The molecular weight excluding hydrogens is 389 g/mol. The van der Waals surface area contributed by atoms with Crippen LogP contribution >= 0.6 is 15.9 Å². The van der Waals surface area contributed by atoms with Crippen LogP contribution in [-0.4, -0.2) is 40.5 Å². The summed E-state index contributed by atoms with van der Waals surface area (Å²) in [5.41, 5.74) is 0.794. The first-order valence-electron chi connectivity index (χ1n) is 8.23. The summed E-state index contributed by atoms with van der Waals surface area (Å²) in [7, 11) is 0. The molecule has 7 heteroatoms. The molecule has 0 aliphatic carbocycles. The standard InChI is InChI=1S/C18H19BrFN3O2/c19-16-10-15(20)5-4-14(16)9-17(24)23-8-1-3-13(11-23)12-25-18-21-6-2-7-22-18/h2,4-7,10,13H,1,3,8-9,11-12H2. The zero-order valence-electron chi connectivity index (χ0n) is 13.7. The summed E-state index contributed by atoms with van der Waals surface area (Å²) < 4.78 is 19.4. The highest BCUT2D eigenvalue weighted by Gasteiger charge is 2.24. The average Bonchev–Trinajstić information content (AvgIpc) is 2.63. The van der Waals surface area contributed by atoms with Crippen LogP contribution in [-0.2, 0) is 11.2 Å². The van der Waals surface area contributed by atoms with Crippen molar-refractivity contribution in [3.63, 3.8) is 0 Å². The maximum Gasteiger partial charge on any atom is 0.316 e. The number of hydrogen-bond donors (Lipinski definition) is 0. The van der Waals surface area contributed by atoms with E-state index in [-0.39, 0.29) is 24.1 Å². The number of ether oxygens (including phenoxy) is 1. The number of likely N-dealkylation sites (tertiary alicyclic amines) is 1. The quantitative estimate of drug-likeness (QED) is 0.763. The maximum atomic E-state index is 13.2. The number of piperidine rings is 1. The molecule has 1 atom stereocenters. The Labute approximate surface area is 154 Å². The van der Waals surface area contributed by atoms with E-state index < -0.39 is 0 Å². The molecule has 0 spiro atoms. The zero-order chi connectivity index (χ0) is 17.6. The van der Waals surface area contributed by atoms with E-state index in [9.17, 15) is 9.18 Å². The van der Waals surface area contributed by atoms with Crippen molar-refractivity contribution in [2.75, 3.05) is 19.7 Å². The highest BCUT2D eigenvalue weighted by Crippen LogP contribution is 2.22. The number of rotatable bonds is 5. The molecule has 0 N–H and O–H groups in total. The molecule has 1 amide bonds. The minimum atomic E-state index is -0.318. The number of halogens is 2. The van der Waals surface area contributed by atoms with E-state index in [1.807, 2.05) is 4.90 Å². The van der Waals surface area contributed by atoms with Crippen LogP contribution in [0.5, 0.6) is 6.01 Å². The molecule has 1 saturated heterocycles. The Morgan fingerprint density at radius 3 is 2.92 bits per heavy atom. The van der Waals surface area contributed by atoms with E-state index in [1.165, 1.54) is 12.1 Å². The summed E-state index contributed by atoms with van der Waals surface area (Å²) in [6.45, 7) is 1.90. The molecule has 1 aliphatic rings. The first-order valence-corrected chi connectivity index (χ1v) is 9.02. The van der Waals surface area contributed by atoms with Gasteiger partial charge in [-0.15, -0.1) is 0 Å². The van der Waals surface area contributed by atoms with Crippen molar-refractivity contribution >= 4 is 21.8 Å². The zero-order valence-corrected chi connectivity index (χ0v) is 15.3. The monoisotopic (exact) mass is 407 g/mol. The van der Waals surface area contributed by atoms with E-state index in [1.54, 1.807) is 24.5 Å². The second kappa shape index (κ2) is 8.38. The molecule has 2 aromatic rings. The summed E-state index contributed by atoms with van der Waals surface area (Å²) in [4.78, 5) is 22.5. The van der Waals surface area contributed by atoms with Crippen molar-refractivity contribution in [1.82, 2.24) is 14.9 Å². The molecular formula is C18H19BrFN3O2. The third kappa shape index (κ3) is 4.98. The van der Waals surface area contributed by atoms with Crippen molar-refractivity contribution in [3.05, 3.63) is 52.5 Å². The summed E-state index contributed by atoms with van der Waals surface area (Å²) >= 11 is 3.32. The maximum absolute atomic E-state index is 13.2. The highest BCUT2D eigenvalue weighted by molar-refractivity contribution is 9.10. The number of aromatic nitrogens is 2. The molecule has 0 saturated carbocycles. The fourth-order valence-corrected chi connectivity index (χ4v) is 3.41. The normalized spacial score (nSPS) is 17.4. The van der Waals surface area contributed by atoms with Crippen LogP contribution in [0, 0.1) is 11.7 Å². The fraction of sp³-hybridized carbons (Fsp3) is 0.389. The fourth-order valence-electron chi connectivity index (χ4n) is 2.92. The number of amides is 1. The number of hydrogen-bond acceptors (Lipinski definition) is 4. The summed E-state index contributed by atoms with van der Waals surface area (Å²) in [6.07, 6.45) is 5.49. The lowest BCUT2D eigenvalue weighted by Gasteiger charge is -2.32. The minimum absolute atomic E-state index is 0.0490. The lowest BCUT2D eigenvalue weighted by Crippen LogP contribution is -2.42. The molecule has 1 aliphatic heterocycles. The van der Waals surface area contributed by atoms with Gasteiger partial charge in [0, 0.05) is 35.9 Å². The van der Waals surface area contributed by atoms with E-state index in [4.69, 9.17) is 4.74 Å². The number of carbonyl (C=O) groups is 1. The van der Waals surface area contributed by atoms with Gasteiger partial charge in [-0.1, -0.05) is 22.0 Å². The third-order valence-corrected chi connectivity index (χ3v) is 4.96. The van der Waals surface area contributed by atoms with Gasteiger partial charge in [0.15, 0.2) is 0 Å². The first kappa shape index (κ1) is 17.8. The molecule has 25 heavy (non-hydrogen) atoms. The summed E-state index contributed by atoms with van der Waals surface area (Å²) in [5.74, 6) is -0.00692. The predicted molar refractivity (Wildman–Crippen MR) is 94.6 cm³/mol. The van der Waals surface area contributed by atoms with E-state index >= 15 is 0 Å². The topological polar surface area (TPSA) is 55.3 Å². The Kier molecular flexibility index (Phi) is 5.96. The number of carbonyl (C=O) groups excluding carboxylic acids is 1. The number of nitrogens with zero attached hydrogens (tertiary/aromatic N) is 3. The third-order valence-electron chi connectivity index (χ3n) is 4.22. The van der Waals surface area contributed by atoms with E-state index in [2.05, 4.69) is 25.9 Å². The second-order valence-electron chi connectivity index (χ2n) is 6.10. The number of benzene rings is 1. The lowest BCUT2D eigenvalue weighted by atomic mass is 9.98. The Balaban J connectivity index is 1.54. The van der Waals surface area contributed by atoms with Gasteiger partial charge >= 0.3 is 6.01 Å². The van der Waals surface area contributed by atoms with Crippen LogP contribution in [0.2, 0.25) is 0 Å². The SMILES string of the molecule is O=C(Cc1ccc(F)cc1Br)N1CCCC(COc2ncccn2)C1. The van der Waals surface area contributed by atoms with Crippen molar-refractivity contribution in [1.29, 1.82) is 0 Å². The molecule has 5 nitrogen and oxygen atoms in total. The van der Waals surface area contributed by atoms with Crippen molar-refractivity contribution in [2.24, 2.45) is 5.92 Å². The molecule has 1 fully saturated rings.